The number of hydrogen-bond acceptors (Lipinski definition) is 5. The molecule has 1 aliphatic rings. The first-order valence-electron chi connectivity index (χ1n) is 10.3. The number of hydrogen-bond donors (Lipinski definition) is 1. The Balaban J connectivity index is 1.93. The average Bonchev–Trinajstić information content (AvgIpc) is 2.77. The lowest BCUT2D eigenvalue weighted by Crippen LogP contribution is -2.32. The number of methoxy groups -OCH3 is 3. The Morgan fingerprint density at radius 2 is 1.58 bits per heavy atom. The van der Waals surface area contributed by atoms with E-state index in [4.69, 9.17) is 18.9 Å². The van der Waals surface area contributed by atoms with E-state index in [1.54, 1.807) is 21.3 Å². The second kappa shape index (κ2) is 8.06. The average molecular weight is 421 g/mol. The molecule has 0 aromatic heterocycles. The van der Waals surface area contributed by atoms with E-state index < -0.39 is 0 Å². The van der Waals surface area contributed by atoms with Crippen LogP contribution in [0.4, 0.5) is 0 Å². The van der Waals surface area contributed by atoms with Gasteiger partial charge < -0.3 is 24.1 Å². The van der Waals surface area contributed by atoms with Gasteiger partial charge in [0.05, 0.1) is 26.9 Å². The van der Waals surface area contributed by atoms with Crippen molar-refractivity contribution in [3.8, 4) is 51.0 Å². The standard InChI is InChI=1S/C26H28O5/c1-26(2)12-11-17-13-18(14-21(29-4)24(17)31-26)22-20(28-3)15-19(25(30-5)23(22)27)16-9-7-6-8-10-16/h6-10,13-15,27H,11-12H2,1-5H3. The minimum atomic E-state index is -0.248. The zero-order valence-electron chi connectivity index (χ0n) is 18.6. The normalized spacial score (nSPS) is 14.4. The second-order valence-corrected chi connectivity index (χ2v) is 8.28. The molecule has 3 aromatic rings. The number of phenols is 1. The molecule has 0 unspecified atom stereocenters. The fourth-order valence-corrected chi connectivity index (χ4v) is 4.13. The molecule has 0 saturated heterocycles. The Morgan fingerprint density at radius 3 is 2.23 bits per heavy atom. The number of aryl methyl sites for hydroxylation is 1. The van der Waals surface area contributed by atoms with Crippen molar-refractivity contribution in [2.75, 3.05) is 21.3 Å². The second-order valence-electron chi connectivity index (χ2n) is 8.28. The molecular formula is C26H28O5. The lowest BCUT2D eigenvalue weighted by atomic mass is 9.90. The summed E-state index contributed by atoms with van der Waals surface area (Å²) in [7, 11) is 4.78. The summed E-state index contributed by atoms with van der Waals surface area (Å²) in [6, 6.07) is 15.6. The monoisotopic (exact) mass is 420 g/mol. The Morgan fingerprint density at radius 1 is 0.871 bits per heavy atom. The van der Waals surface area contributed by atoms with Crippen LogP contribution in [0.2, 0.25) is 0 Å². The highest BCUT2D eigenvalue weighted by Gasteiger charge is 2.31. The Labute approximate surface area is 183 Å². The van der Waals surface area contributed by atoms with Gasteiger partial charge in [-0.1, -0.05) is 30.3 Å². The Bertz CT molecular complexity index is 1090. The third-order valence-electron chi connectivity index (χ3n) is 5.74. The molecule has 1 heterocycles. The van der Waals surface area contributed by atoms with Gasteiger partial charge in [0.1, 0.15) is 11.4 Å². The summed E-state index contributed by atoms with van der Waals surface area (Å²) in [5.41, 5.74) is 3.83. The Hall–Kier alpha value is -3.34. The predicted octanol–water partition coefficient (Wildman–Crippen LogP) is 5.86. The first-order valence-corrected chi connectivity index (χ1v) is 10.3. The molecule has 0 amide bonds. The van der Waals surface area contributed by atoms with Crippen molar-refractivity contribution in [2.24, 2.45) is 0 Å². The van der Waals surface area contributed by atoms with Crippen LogP contribution in [-0.2, 0) is 6.42 Å². The molecular weight excluding hydrogens is 392 g/mol. The number of aromatic hydroxyl groups is 1. The van der Waals surface area contributed by atoms with E-state index in [9.17, 15) is 5.11 Å². The highest BCUT2D eigenvalue weighted by Crippen LogP contribution is 2.52. The van der Waals surface area contributed by atoms with Crippen molar-refractivity contribution in [1.29, 1.82) is 0 Å². The molecule has 0 radical (unpaired) electrons. The summed E-state index contributed by atoms with van der Waals surface area (Å²) in [5.74, 6) is 2.37. The molecule has 1 N–H and O–H groups in total. The van der Waals surface area contributed by atoms with E-state index in [0.717, 1.165) is 40.8 Å². The van der Waals surface area contributed by atoms with Gasteiger partial charge in [-0.25, -0.2) is 0 Å². The van der Waals surface area contributed by atoms with Crippen LogP contribution >= 0.6 is 0 Å². The summed E-state index contributed by atoms with van der Waals surface area (Å²) in [4.78, 5) is 0. The molecule has 1 aliphatic heterocycles. The van der Waals surface area contributed by atoms with Crippen molar-refractivity contribution >= 4 is 0 Å². The smallest absolute Gasteiger partial charge is 0.170 e. The number of phenolic OH excluding ortho intramolecular Hbond substituents is 1. The van der Waals surface area contributed by atoms with Crippen molar-refractivity contribution in [3.05, 3.63) is 54.1 Å². The van der Waals surface area contributed by atoms with Crippen molar-refractivity contribution in [3.63, 3.8) is 0 Å². The van der Waals surface area contributed by atoms with E-state index in [2.05, 4.69) is 13.8 Å². The minimum Gasteiger partial charge on any atom is -0.504 e. The largest absolute Gasteiger partial charge is 0.504 e. The van der Waals surface area contributed by atoms with Gasteiger partial charge in [-0.2, -0.15) is 0 Å². The number of benzene rings is 3. The third kappa shape index (κ3) is 3.76. The molecule has 0 spiro atoms. The number of rotatable bonds is 5. The molecule has 0 aliphatic carbocycles. The van der Waals surface area contributed by atoms with E-state index in [-0.39, 0.29) is 11.4 Å². The molecule has 5 nitrogen and oxygen atoms in total. The fraction of sp³-hybridized carbons (Fsp3) is 0.308. The van der Waals surface area contributed by atoms with Gasteiger partial charge in [-0.3, -0.25) is 0 Å². The summed E-state index contributed by atoms with van der Waals surface area (Å²) in [5, 5.41) is 11.3. The highest BCUT2D eigenvalue weighted by atomic mass is 16.5. The van der Waals surface area contributed by atoms with Gasteiger partial charge in [0.25, 0.3) is 0 Å². The van der Waals surface area contributed by atoms with Crippen LogP contribution in [0.3, 0.4) is 0 Å². The predicted molar refractivity (Wildman–Crippen MR) is 122 cm³/mol. The lowest BCUT2D eigenvalue weighted by molar-refractivity contribution is 0.0805. The summed E-state index contributed by atoms with van der Waals surface area (Å²) in [6.45, 7) is 4.15. The molecule has 0 saturated carbocycles. The topological polar surface area (TPSA) is 57.2 Å². The Kier molecular flexibility index (Phi) is 5.44. The molecule has 4 rings (SSSR count). The third-order valence-corrected chi connectivity index (χ3v) is 5.74. The van der Waals surface area contributed by atoms with Crippen LogP contribution in [0.15, 0.2) is 48.5 Å². The first-order chi connectivity index (χ1) is 14.9. The van der Waals surface area contributed by atoms with Crippen LogP contribution in [0.1, 0.15) is 25.8 Å². The maximum absolute atomic E-state index is 11.3. The minimum absolute atomic E-state index is 0.0276. The van der Waals surface area contributed by atoms with Gasteiger partial charge in [0, 0.05) is 5.56 Å². The van der Waals surface area contributed by atoms with Crippen LogP contribution in [0.25, 0.3) is 22.3 Å². The van der Waals surface area contributed by atoms with Gasteiger partial charge >= 0.3 is 0 Å². The van der Waals surface area contributed by atoms with E-state index in [1.165, 1.54) is 0 Å². The molecule has 0 bridgehead atoms. The summed E-state index contributed by atoms with van der Waals surface area (Å²) < 4.78 is 23.2. The molecule has 3 aromatic carbocycles. The van der Waals surface area contributed by atoms with Crippen LogP contribution in [-0.4, -0.2) is 32.0 Å². The molecule has 5 heteroatoms. The number of fused-ring (bicyclic) bond motifs is 1. The van der Waals surface area contributed by atoms with Crippen LogP contribution in [0, 0.1) is 0 Å². The molecule has 162 valence electrons. The van der Waals surface area contributed by atoms with Crippen LogP contribution in [0.5, 0.6) is 28.7 Å². The van der Waals surface area contributed by atoms with Crippen LogP contribution < -0.4 is 18.9 Å². The van der Waals surface area contributed by atoms with Crippen molar-refractivity contribution in [1.82, 2.24) is 0 Å². The quantitative estimate of drug-likeness (QED) is 0.561. The highest BCUT2D eigenvalue weighted by molar-refractivity contribution is 5.88. The van der Waals surface area contributed by atoms with Gasteiger partial charge in [0.2, 0.25) is 0 Å². The van der Waals surface area contributed by atoms with E-state index in [0.29, 0.717) is 22.8 Å². The van der Waals surface area contributed by atoms with Gasteiger partial charge in [-0.15, -0.1) is 0 Å². The van der Waals surface area contributed by atoms with Gasteiger partial charge in [-0.05, 0) is 61.6 Å². The molecule has 0 fully saturated rings. The maximum Gasteiger partial charge on any atom is 0.170 e. The zero-order chi connectivity index (χ0) is 22.2. The lowest BCUT2D eigenvalue weighted by Gasteiger charge is -2.33. The molecule has 0 atom stereocenters. The maximum atomic E-state index is 11.3. The molecule has 31 heavy (non-hydrogen) atoms. The van der Waals surface area contributed by atoms with E-state index >= 15 is 0 Å². The SMILES string of the molecule is COc1cc(-c2c(OC)cc(-c3ccccc3)c(OC)c2O)cc2c1OC(C)(C)CC2. The van der Waals surface area contributed by atoms with E-state index in [1.807, 2.05) is 48.5 Å². The van der Waals surface area contributed by atoms with Crippen molar-refractivity contribution in [2.45, 2.75) is 32.3 Å². The summed E-state index contributed by atoms with van der Waals surface area (Å²) in [6.07, 6.45) is 1.75. The first kappa shape index (κ1) is 20.9. The number of ether oxygens (including phenoxy) is 4. The zero-order valence-corrected chi connectivity index (χ0v) is 18.6. The van der Waals surface area contributed by atoms with Crippen molar-refractivity contribution < 1.29 is 24.1 Å². The summed E-state index contributed by atoms with van der Waals surface area (Å²) >= 11 is 0. The fourth-order valence-electron chi connectivity index (χ4n) is 4.13. The van der Waals surface area contributed by atoms with Gasteiger partial charge in [0.15, 0.2) is 23.0 Å².